The molecule has 4 nitrogen and oxygen atoms in total. The Labute approximate surface area is 119 Å². The summed E-state index contributed by atoms with van der Waals surface area (Å²) in [6.07, 6.45) is 0.748. The van der Waals surface area contributed by atoms with Crippen LogP contribution in [-0.4, -0.2) is 9.97 Å². The van der Waals surface area contributed by atoms with E-state index in [1.54, 1.807) is 22.7 Å². The van der Waals surface area contributed by atoms with E-state index in [4.69, 9.17) is 5.84 Å². The Bertz CT molecular complexity index is 716. The Morgan fingerprint density at radius 2 is 2.16 bits per heavy atom. The van der Waals surface area contributed by atoms with E-state index in [1.165, 1.54) is 15.3 Å². The first-order valence-corrected chi connectivity index (χ1v) is 7.64. The molecule has 3 N–H and O–H groups in total. The summed E-state index contributed by atoms with van der Waals surface area (Å²) in [6.45, 7) is 4.18. The van der Waals surface area contributed by atoms with E-state index in [9.17, 15) is 0 Å². The third kappa shape index (κ3) is 2.22. The largest absolute Gasteiger partial charge is 0.308 e. The molecule has 0 aromatic carbocycles. The van der Waals surface area contributed by atoms with Gasteiger partial charge in [-0.2, -0.15) is 0 Å². The van der Waals surface area contributed by atoms with Gasteiger partial charge in [-0.05, 0) is 30.9 Å². The number of hydrogen-bond donors (Lipinski definition) is 2. The number of nitrogens with one attached hydrogen (secondary N) is 1. The van der Waals surface area contributed by atoms with Gasteiger partial charge in [-0.1, -0.05) is 6.07 Å². The predicted octanol–water partition coefficient (Wildman–Crippen LogP) is 3.25. The summed E-state index contributed by atoms with van der Waals surface area (Å²) in [4.78, 5) is 12.7. The second kappa shape index (κ2) is 4.88. The minimum atomic E-state index is 0.721. The fourth-order valence-electron chi connectivity index (χ4n) is 2.05. The monoisotopic (exact) mass is 290 g/mol. The number of thiophene rings is 2. The number of hydrogen-bond acceptors (Lipinski definition) is 6. The molecule has 6 heteroatoms. The molecule has 0 saturated heterocycles. The van der Waals surface area contributed by atoms with E-state index in [-0.39, 0.29) is 0 Å². The van der Waals surface area contributed by atoms with Crippen LogP contribution in [0, 0.1) is 13.8 Å². The molecular formula is C13H14N4S2. The maximum absolute atomic E-state index is 5.60. The highest BCUT2D eigenvalue weighted by molar-refractivity contribution is 7.18. The zero-order valence-corrected chi connectivity index (χ0v) is 12.4. The molecular weight excluding hydrogens is 276 g/mol. The number of nitrogen functional groups attached to an aromatic ring is 1. The van der Waals surface area contributed by atoms with Crippen molar-refractivity contribution < 1.29 is 0 Å². The third-order valence-corrected chi connectivity index (χ3v) is 5.10. The van der Waals surface area contributed by atoms with Gasteiger partial charge in [0.15, 0.2) is 5.82 Å². The number of hydrazine groups is 1. The van der Waals surface area contributed by atoms with Crippen LogP contribution in [-0.2, 0) is 6.42 Å². The van der Waals surface area contributed by atoms with Gasteiger partial charge in [0.25, 0.3) is 0 Å². The van der Waals surface area contributed by atoms with Gasteiger partial charge < -0.3 is 5.43 Å². The van der Waals surface area contributed by atoms with Crippen molar-refractivity contribution in [2.24, 2.45) is 5.84 Å². The van der Waals surface area contributed by atoms with Gasteiger partial charge in [0.2, 0.25) is 0 Å². The van der Waals surface area contributed by atoms with Crippen LogP contribution in [0.4, 0.5) is 5.82 Å². The van der Waals surface area contributed by atoms with Crippen molar-refractivity contribution in [1.82, 2.24) is 9.97 Å². The molecule has 3 aromatic heterocycles. The van der Waals surface area contributed by atoms with E-state index in [0.29, 0.717) is 0 Å². The van der Waals surface area contributed by atoms with Crippen molar-refractivity contribution in [3.8, 4) is 0 Å². The quantitative estimate of drug-likeness (QED) is 0.574. The molecule has 3 heterocycles. The molecule has 0 bridgehead atoms. The van der Waals surface area contributed by atoms with Crippen LogP contribution in [0.2, 0.25) is 0 Å². The van der Waals surface area contributed by atoms with Crippen molar-refractivity contribution >= 4 is 38.7 Å². The van der Waals surface area contributed by atoms with Gasteiger partial charge in [-0.25, -0.2) is 15.8 Å². The molecule has 3 rings (SSSR count). The normalized spacial score (nSPS) is 11.1. The lowest BCUT2D eigenvalue weighted by Gasteiger charge is -2.05. The summed E-state index contributed by atoms with van der Waals surface area (Å²) in [5, 5.41) is 3.11. The van der Waals surface area contributed by atoms with Crippen LogP contribution in [0.25, 0.3) is 10.2 Å². The molecule has 0 fully saturated rings. The minimum Gasteiger partial charge on any atom is -0.308 e. The number of aryl methyl sites for hydroxylation is 2. The number of rotatable bonds is 3. The number of fused-ring (bicyclic) bond motifs is 1. The first-order chi connectivity index (χ1) is 9.19. The van der Waals surface area contributed by atoms with Gasteiger partial charge in [0.05, 0.1) is 5.39 Å². The molecule has 3 aromatic rings. The topological polar surface area (TPSA) is 63.8 Å². The third-order valence-electron chi connectivity index (χ3n) is 3.12. The fourth-order valence-corrected chi connectivity index (χ4v) is 3.80. The summed E-state index contributed by atoms with van der Waals surface area (Å²) in [5.41, 5.74) is 3.91. The maximum atomic E-state index is 5.60. The van der Waals surface area contributed by atoms with Gasteiger partial charge >= 0.3 is 0 Å². The Morgan fingerprint density at radius 3 is 2.84 bits per heavy atom. The molecule has 0 aliphatic carbocycles. The van der Waals surface area contributed by atoms with Gasteiger partial charge in [-0.3, -0.25) is 0 Å². The van der Waals surface area contributed by atoms with E-state index >= 15 is 0 Å². The number of nitrogens with two attached hydrogens (primary N) is 1. The smallest absolute Gasteiger partial charge is 0.152 e. The lowest BCUT2D eigenvalue weighted by molar-refractivity contribution is 1.01. The van der Waals surface area contributed by atoms with Gasteiger partial charge in [0, 0.05) is 16.2 Å². The molecule has 0 atom stereocenters. The lowest BCUT2D eigenvalue weighted by Crippen LogP contribution is -2.11. The summed E-state index contributed by atoms with van der Waals surface area (Å²) in [7, 11) is 0. The van der Waals surface area contributed by atoms with Crippen LogP contribution in [0.3, 0.4) is 0 Å². The SMILES string of the molecule is Cc1sc2nc(Cc3cccs3)nc(NN)c2c1C. The van der Waals surface area contributed by atoms with Crippen molar-refractivity contribution in [2.75, 3.05) is 5.43 Å². The fraction of sp³-hybridized carbons (Fsp3) is 0.231. The highest BCUT2D eigenvalue weighted by atomic mass is 32.1. The molecule has 0 aliphatic rings. The number of nitrogens with zero attached hydrogens (tertiary/aromatic N) is 2. The maximum Gasteiger partial charge on any atom is 0.152 e. The number of aromatic nitrogens is 2. The van der Waals surface area contributed by atoms with Crippen molar-refractivity contribution in [2.45, 2.75) is 20.3 Å². The highest BCUT2D eigenvalue weighted by Gasteiger charge is 2.14. The molecule has 19 heavy (non-hydrogen) atoms. The molecule has 0 amide bonds. The zero-order valence-electron chi connectivity index (χ0n) is 10.7. The lowest BCUT2D eigenvalue weighted by atomic mass is 10.2. The second-order valence-electron chi connectivity index (χ2n) is 4.35. The van der Waals surface area contributed by atoms with Crippen LogP contribution in [0.15, 0.2) is 17.5 Å². The van der Waals surface area contributed by atoms with Crippen LogP contribution >= 0.6 is 22.7 Å². The summed E-state index contributed by atoms with van der Waals surface area (Å²) in [6, 6.07) is 4.14. The second-order valence-corrected chi connectivity index (χ2v) is 6.59. The van der Waals surface area contributed by atoms with E-state index in [1.807, 2.05) is 6.07 Å². The van der Waals surface area contributed by atoms with Crippen molar-refractivity contribution in [3.63, 3.8) is 0 Å². The number of anilines is 1. The Kier molecular flexibility index (Phi) is 3.22. The molecule has 0 unspecified atom stereocenters. The van der Waals surface area contributed by atoms with E-state index in [0.717, 1.165) is 28.3 Å². The predicted molar refractivity (Wildman–Crippen MR) is 81.8 cm³/mol. The van der Waals surface area contributed by atoms with Crippen LogP contribution in [0.1, 0.15) is 21.1 Å². The Morgan fingerprint density at radius 1 is 1.32 bits per heavy atom. The van der Waals surface area contributed by atoms with Gasteiger partial charge in [-0.15, -0.1) is 22.7 Å². The minimum absolute atomic E-state index is 0.721. The summed E-state index contributed by atoms with van der Waals surface area (Å²) >= 11 is 3.41. The average molecular weight is 290 g/mol. The van der Waals surface area contributed by atoms with Crippen molar-refractivity contribution in [1.29, 1.82) is 0 Å². The summed E-state index contributed by atoms with van der Waals surface area (Å²) in [5.74, 6) is 7.13. The molecule has 0 radical (unpaired) electrons. The molecule has 0 spiro atoms. The van der Waals surface area contributed by atoms with Crippen LogP contribution in [0.5, 0.6) is 0 Å². The van der Waals surface area contributed by atoms with E-state index in [2.05, 4.69) is 40.7 Å². The van der Waals surface area contributed by atoms with Crippen molar-refractivity contribution in [3.05, 3.63) is 38.7 Å². The Balaban J connectivity index is 2.12. The Hall–Kier alpha value is -1.50. The average Bonchev–Trinajstić information content (AvgIpc) is 2.98. The molecule has 0 aliphatic heterocycles. The standard InChI is InChI=1S/C13H14N4S2/c1-7-8(2)19-13-11(7)12(17-14)15-10(16-13)6-9-4-3-5-18-9/h3-5H,6,14H2,1-2H3,(H,15,16,17). The summed E-state index contributed by atoms with van der Waals surface area (Å²) < 4.78 is 0. The first-order valence-electron chi connectivity index (χ1n) is 5.94. The molecule has 0 saturated carbocycles. The van der Waals surface area contributed by atoms with Crippen LogP contribution < -0.4 is 11.3 Å². The zero-order chi connectivity index (χ0) is 13.4. The first kappa shape index (κ1) is 12.5. The van der Waals surface area contributed by atoms with Gasteiger partial charge in [0.1, 0.15) is 10.7 Å². The highest BCUT2D eigenvalue weighted by Crippen LogP contribution is 2.33. The molecule has 98 valence electrons. The van der Waals surface area contributed by atoms with E-state index < -0.39 is 0 Å².